The molecule has 0 bridgehead atoms. The van der Waals surface area contributed by atoms with Gasteiger partial charge in [0, 0.05) is 18.3 Å². The lowest BCUT2D eigenvalue weighted by molar-refractivity contribution is -0.175. The minimum absolute atomic E-state index is 0.194. The summed E-state index contributed by atoms with van der Waals surface area (Å²) in [4.78, 5) is 24.4. The van der Waals surface area contributed by atoms with E-state index >= 15 is 0 Å². The molecule has 0 saturated heterocycles. The van der Waals surface area contributed by atoms with Crippen molar-refractivity contribution in [2.24, 2.45) is 40.4 Å². The minimum atomic E-state index is -0.747. The Morgan fingerprint density at radius 1 is 1.15 bits per heavy atom. The van der Waals surface area contributed by atoms with Gasteiger partial charge in [-0.15, -0.1) is 0 Å². The van der Waals surface area contributed by atoms with Gasteiger partial charge in [-0.05, 0) is 80.0 Å². The maximum Gasteiger partial charge on any atom is 0.303 e. The van der Waals surface area contributed by atoms with E-state index in [0.717, 1.165) is 25.7 Å². The monoisotopic (exact) mass is 376 g/mol. The first-order valence-electron chi connectivity index (χ1n) is 11.2. The molecule has 2 N–H and O–H groups in total. The third kappa shape index (κ3) is 2.89. The summed E-state index contributed by atoms with van der Waals surface area (Å²) in [5, 5.41) is 20.1. The van der Waals surface area contributed by atoms with Crippen molar-refractivity contribution in [3.63, 3.8) is 0 Å². The van der Waals surface area contributed by atoms with Crippen molar-refractivity contribution < 1.29 is 19.8 Å². The number of Topliss-reactive ketones (excluding diaryl/α,β-unsaturated/α-hetero) is 1. The Morgan fingerprint density at radius 3 is 2.67 bits per heavy atom. The van der Waals surface area contributed by atoms with Gasteiger partial charge in [0.25, 0.3) is 0 Å². The van der Waals surface area contributed by atoms with E-state index in [0.29, 0.717) is 36.4 Å². The first-order chi connectivity index (χ1) is 12.8. The van der Waals surface area contributed by atoms with Crippen LogP contribution in [0.4, 0.5) is 0 Å². The molecule has 0 spiro atoms. The zero-order valence-electron chi connectivity index (χ0n) is 17.0. The number of aliphatic carboxylic acids is 1. The van der Waals surface area contributed by atoms with E-state index in [4.69, 9.17) is 5.11 Å². The van der Waals surface area contributed by atoms with Gasteiger partial charge in [-0.25, -0.2) is 0 Å². The number of carbonyl (C=O) groups excluding carboxylic acids is 1. The highest BCUT2D eigenvalue weighted by Gasteiger charge is 2.64. The van der Waals surface area contributed by atoms with Crippen molar-refractivity contribution in [1.82, 2.24) is 0 Å². The lowest BCUT2D eigenvalue weighted by Gasteiger charge is -2.61. The highest BCUT2D eigenvalue weighted by Crippen LogP contribution is 2.66. The Balaban J connectivity index is 1.59. The molecule has 0 aliphatic heterocycles. The Bertz CT molecular complexity index is 615. The molecule has 0 amide bonds. The van der Waals surface area contributed by atoms with Gasteiger partial charge in [-0.3, -0.25) is 9.59 Å². The fraction of sp³-hybridized carbons (Fsp3) is 0.913. The first-order valence-corrected chi connectivity index (χ1v) is 11.2. The van der Waals surface area contributed by atoms with E-state index in [-0.39, 0.29) is 35.2 Å². The molecule has 0 aromatic rings. The summed E-state index contributed by atoms with van der Waals surface area (Å²) in [5.74, 6) is 1.42. The van der Waals surface area contributed by atoms with Crippen LogP contribution in [0.25, 0.3) is 0 Å². The standard InChI is InChI=1S/C23H36O4/c1-22-11-4-3-6-15(22)12-18(24)21-16-10-9-14(7-5-8-20(26)27)23(16,2)19(25)13-17(21)22/h14-18,21,24H,3-13H2,1-2H3,(H,26,27)/t14-,15-,16?,17-,18-,21-,22-,23+/m0/s1. The summed E-state index contributed by atoms with van der Waals surface area (Å²) >= 11 is 0. The van der Waals surface area contributed by atoms with Crippen molar-refractivity contribution >= 4 is 11.8 Å². The summed E-state index contributed by atoms with van der Waals surface area (Å²) in [6.07, 6.45) is 9.98. The fourth-order valence-corrected chi connectivity index (χ4v) is 8.05. The molecule has 4 saturated carbocycles. The van der Waals surface area contributed by atoms with Gasteiger partial charge in [0.15, 0.2) is 0 Å². The molecule has 4 aliphatic carbocycles. The van der Waals surface area contributed by atoms with Gasteiger partial charge in [0.05, 0.1) is 6.10 Å². The second kappa shape index (κ2) is 6.86. The van der Waals surface area contributed by atoms with Crippen LogP contribution in [0.3, 0.4) is 0 Å². The van der Waals surface area contributed by atoms with Crippen LogP contribution >= 0.6 is 0 Å². The third-order valence-electron chi connectivity index (χ3n) is 9.59. The Morgan fingerprint density at radius 2 is 1.93 bits per heavy atom. The van der Waals surface area contributed by atoms with Crippen LogP contribution in [0.5, 0.6) is 0 Å². The van der Waals surface area contributed by atoms with E-state index in [9.17, 15) is 14.7 Å². The average molecular weight is 377 g/mol. The average Bonchev–Trinajstić information content (AvgIpc) is 2.94. The number of fused-ring (bicyclic) bond motifs is 5. The van der Waals surface area contributed by atoms with Crippen molar-refractivity contribution in [2.75, 3.05) is 0 Å². The highest BCUT2D eigenvalue weighted by atomic mass is 16.4. The molecule has 0 radical (unpaired) electrons. The molecular weight excluding hydrogens is 340 g/mol. The van der Waals surface area contributed by atoms with Crippen LogP contribution < -0.4 is 0 Å². The molecule has 4 aliphatic rings. The summed E-state index contributed by atoms with van der Waals surface area (Å²) in [6.45, 7) is 4.56. The molecule has 0 heterocycles. The first kappa shape index (κ1) is 19.4. The van der Waals surface area contributed by atoms with Crippen molar-refractivity contribution in [3.8, 4) is 0 Å². The lowest BCUT2D eigenvalue weighted by Crippen LogP contribution is -2.60. The topological polar surface area (TPSA) is 74.6 Å². The maximum atomic E-state index is 13.5. The van der Waals surface area contributed by atoms with E-state index < -0.39 is 5.97 Å². The van der Waals surface area contributed by atoms with Crippen molar-refractivity contribution in [2.45, 2.75) is 90.6 Å². The van der Waals surface area contributed by atoms with E-state index in [1.807, 2.05) is 0 Å². The van der Waals surface area contributed by atoms with E-state index in [1.54, 1.807) is 0 Å². The fourth-order valence-electron chi connectivity index (χ4n) is 8.05. The number of aliphatic hydroxyl groups is 1. The molecule has 27 heavy (non-hydrogen) atoms. The van der Waals surface area contributed by atoms with Crippen LogP contribution in [0.15, 0.2) is 0 Å². The number of carboxylic acids is 1. The van der Waals surface area contributed by atoms with E-state index in [2.05, 4.69) is 13.8 Å². The smallest absolute Gasteiger partial charge is 0.303 e. The summed E-state index contributed by atoms with van der Waals surface area (Å²) in [6, 6.07) is 0. The zero-order chi connectivity index (χ0) is 19.4. The summed E-state index contributed by atoms with van der Waals surface area (Å²) in [5.41, 5.74) is -0.126. The molecule has 0 aromatic heterocycles. The van der Waals surface area contributed by atoms with Crippen molar-refractivity contribution in [1.29, 1.82) is 0 Å². The predicted octanol–water partition coefficient (Wildman–Crippen LogP) is 4.44. The van der Waals surface area contributed by atoms with Gasteiger partial charge < -0.3 is 10.2 Å². The third-order valence-corrected chi connectivity index (χ3v) is 9.59. The molecule has 1 unspecified atom stereocenters. The van der Waals surface area contributed by atoms with Crippen molar-refractivity contribution in [3.05, 3.63) is 0 Å². The Kier molecular flexibility index (Phi) is 4.93. The molecule has 0 aromatic carbocycles. The van der Waals surface area contributed by atoms with Gasteiger partial charge in [-0.2, -0.15) is 0 Å². The van der Waals surface area contributed by atoms with Crippen LogP contribution in [0.1, 0.15) is 84.5 Å². The SMILES string of the molecule is C[C@]12CCCC[C@H]1C[C@H](O)[C@H]1C3CC[C@H](CCCC(=O)O)[C@@]3(C)C(=O)C[C@@H]12. The van der Waals surface area contributed by atoms with Gasteiger partial charge in [-0.1, -0.05) is 26.7 Å². The maximum absolute atomic E-state index is 13.5. The molecule has 8 atom stereocenters. The van der Waals surface area contributed by atoms with Crippen LogP contribution in [-0.4, -0.2) is 28.1 Å². The quantitative estimate of drug-likeness (QED) is 0.761. The normalized spacial score (nSPS) is 49.2. The number of hydrogen-bond donors (Lipinski definition) is 2. The highest BCUT2D eigenvalue weighted by molar-refractivity contribution is 5.87. The molecule has 4 rings (SSSR count). The Labute approximate surface area is 163 Å². The van der Waals surface area contributed by atoms with Gasteiger partial charge in [0.1, 0.15) is 5.78 Å². The number of carboxylic acid groups (broad SMARTS) is 1. The largest absolute Gasteiger partial charge is 0.481 e. The minimum Gasteiger partial charge on any atom is -0.481 e. The second-order valence-electron chi connectivity index (χ2n) is 10.5. The summed E-state index contributed by atoms with van der Waals surface area (Å²) in [7, 11) is 0. The molecule has 4 nitrogen and oxygen atoms in total. The molecule has 152 valence electrons. The lowest BCUT2D eigenvalue weighted by atomic mass is 9.44. The Hall–Kier alpha value is -0.900. The van der Waals surface area contributed by atoms with Crippen LogP contribution in [-0.2, 0) is 9.59 Å². The zero-order valence-corrected chi connectivity index (χ0v) is 17.0. The van der Waals surface area contributed by atoms with Gasteiger partial charge >= 0.3 is 5.97 Å². The van der Waals surface area contributed by atoms with Crippen LogP contribution in [0.2, 0.25) is 0 Å². The second-order valence-corrected chi connectivity index (χ2v) is 10.5. The van der Waals surface area contributed by atoms with Crippen LogP contribution in [0, 0.1) is 40.4 Å². The van der Waals surface area contributed by atoms with Gasteiger partial charge in [0.2, 0.25) is 0 Å². The summed E-state index contributed by atoms with van der Waals surface area (Å²) < 4.78 is 0. The number of aliphatic hydroxyl groups excluding tert-OH is 1. The molecule has 4 heteroatoms. The number of hydrogen-bond acceptors (Lipinski definition) is 3. The number of ketones is 1. The predicted molar refractivity (Wildman–Crippen MR) is 103 cm³/mol. The van der Waals surface area contributed by atoms with E-state index in [1.165, 1.54) is 25.7 Å². The molecular formula is C23H36O4. The number of carbonyl (C=O) groups is 2. The number of rotatable bonds is 4. The molecule has 4 fully saturated rings.